The van der Waals surface area contributed by atoms with Gasteiger partial charge in [-0.2, -0.15) is 0 Å². The van der Waals surface area contributed by atoms with Crippen LogP contribution >= 0.6 is 0 Å². The van der Waals surface area contributed by atoms with Gasteiger partial charge in [-0.25, -0.2) is 4.79 Å². The number of benzene rings is 2. The Kier molecular flexibility index (Phi) is 5.95. The maximum atomic E-state index is 12.7. The second-order valence-corrected chi connectivity index (χ2v) is 5.25. The molecular formula is C19H21NO4. The third-order valence-corrected chi connectivity index (χ3v) is 3.73. The van der Waals surface area contributed by atoms with Gasteiger partial charge < -0.3 is 14.7 Å². The molecule has 126 valence electrons. The van der Waals surface area contributed by atoms with Crippen molar-refractivity contribution in [2.24, 2.45) is 0 Å². The molecule has 5 heteroatoms. The highest BCUT2D eigenvalue weighted by Gasteiger charge is 2.28. The summed E-state index contributed by atoms with van der Waals surface area (Å²) in [5, 5.41) is 9.31. The van der Waals surface area contributed by atoms with Crippen LogP contribution in [0.2, 0.25) is 0 Å². The Morgan fingerprint density at radius 1 is 1.00 bits per heavy atom. The fourth-order valence-corrected chi connectivity index (χ4v) is 2.36. The molecule has 0 bridgehead atoms. The van der Waals surface area contributed by atoms with E-state index in [-0.39, 0.29) is 17.2 Å². The number of ether oxygens (including phenoxy) is 1. The molecule has 0 radical (unpaired) electrons. The molecule has 2 aromatic rings. The maximum Gasteiger partial charge on any atom is 0.339 e. The number of esters is 1. The van der Waals surface area contributed by atoms with Crippen LogP contribution in [0.4, 0.5) is 0 Å². The molecule has 5 nitrogen and oxygen atoms in total. The van der Waals surface area contributed by atoms with Gasteiger partial charge in [0, 0.05) is 18.7 Å². The van der Waals surface area contributed by atoms with Crippen molar-refractivity contribution < 1.29 is 19.4 Å². The highest BCUT2D eigenvalue weighted by Crippen LogP contribution is 2.22. The summed E-state index contributed by atoms with van der Waals surface area (Å²) < 4.78 is 5.50. The minimum Gasteiger partial charge on any atom is -0.508 e. The summed E-state index contributed by atoms with van der Waals surface area (Å²) in [6, 6.07) is 14.7. The van der Waals surface area contributed by atoms with Crippen LogP contribution in [-0.2, 0) is 9.53 Å². The number of carbonyl (C=O) groups is 2. The highest BCUT2D eigenvalue weighted by molar-refractivity contribution is 5.92. The van der Waals surface area contributed by atoms with Gasteiger partial charge in [-0.05, 0) is 38.1 Å². The third kappa shape index (κ3) is 4.13. The zero-order valence-corrected chi connectivity index (χ0v) is 13.8. The van der Waals surface area contributed by atoms with Gasteiger partial charge in [0.2, 0.25) is 6.10 Å². The number of hydrogen-bond acceptors (Lipinski definition) is 4. The molecule has 0 aliphatic heterocycles. The third-order valence-electron chi connectivity index (χ3n) is 3.73. The van der Waals surface area contributed by atoms with E-state index in [0.717, 1.165) is 0 Å². The number of hydrogen-bond donors (Lipinski definition) is 1. The van der Waals surface area contributed by atoms with E-state index in [1.165, 1.54) is 24.3 Å². The van der Waals surface area contributed by atoms with E-state index in [1.807, 2.05) is 19.9 Å². The molecule has 0 saturated heterocycles. The van der Waals surface area contributed by atoms with Crippen molar-refractivity contribution in [3.05, 3.63) is 65.7 Å². The van der Waals surface area contributed by atoms with Crippen molar-refractivity contribution in [2.45, 2.75) is 20.0 Å². The number of nitrogens with zero attached hydrogens (tertiary/aromatic N) is 1. The lowest BCUT2D eigenvalue weighted by Gasteiger charge is -2.25. The summed E-state index contributed by atoms with van der Waals surface area (Å²) in [5.41, 5.74) is 0.905. The average molecular weight is 327 g/mol. The van der Waals surface area contributed by atoms with Crippen LogP contribution in [0.3, 0.4) is 0 Å². The Morgan fingerprint density at radius 3 is 2.12 bits per heavy atom. The highest BCUT2D eigenvalue weighted by atomic mass is 16.5. The Bertz CT molecular complexity index is 678. The normalized spacial score (nSPS) is 11.6. The van der Waals surface area contributed by atoms with Gasteiger partial charge in [0.1, 0.15) is 5.75 Å². The number of rotatable bonds is 6. The van der Waals surface area contributed by atoms with Gasteiger partial charge in [-0.15, -0.1) is 0 Å². The van der Waals surface area contributed by atoms with Crippen LogP contribution in [0.15, 0.2) is 54.6 Å². The van der Waals surface area contributed by atoms with Crippen molar-refractivity contribution in [1.82, 2.24) is 4.90 Å². The second-order valence-electron chi connectivity index (χ2n) is 5.25. The van der Waals surface area contributed by atoms with Crippen LogP contribution in [0.25, 0.3) is 0 Å². The van der Waals surface area contributed by atoms with Crippen LogP contribution in [-0.4, -0.2) is 35.0 Å². The van der Waals surface area contributed by atoms with Gasteiger partial charge in [0.25, 0.3) is 5.91 Å². The average Bonchev–Trinajstić information content (AvgIpc) is 2.61. The molecule has 2 rings (SSSR count). The van der Waals surface area contributed by atoms with Crippen LogP contribution in [0.1, 0.15) is 35.9 Å². The Balaban J connectivity index is 2.27. The quantitative estimate of drug-likeness (QED) is 0.828. The zero-order valence-electron chi connectivity index (χ0n) is 13.8. The van der Waals surface area contributed by atoms with Gasteiger partial charge in [-0.3, -0.25) is 4.79 Å². The molecule has 0 aliphatic carbocycles. The SMILES string of the molecule is CCN(CC)C(=O)C(OC(=O)c1ccc(O)cc1)c1ccccc1. The molecule has 0 saturated carbocycles. The zero-order chi connectivity index (χ0) is 17.5. The van der Waals surface area contributed by atoms with Gasteiger partial charge >= 0.3 is 5.97 Å². The molecule has 1 atom stereocenters. The minimum absolute atomic E-state index is 0.0605. The molecule has 0 spiro atoms. The lowest BCUT2D eigenvalue weighted by atomic mass is 10.1. The maximum absolute atomic E-state index is 12.7. The van der Waals surface area contributed by atoms with E-state index in [1.54, 1.807) is 29.2 Å². The van der Waals surface area contributed by atoms with Crippen molar-refractivity contribution in [2.75, 3.05) is 13.1 Å². The molecule has 1 amide bonds. The molecule has 0 heterocycles. The Morgan fingerprint density at radius 2 is 1.58 bits per heavy atom. The number of phenolic OH excluding ortho intramolecular Hbond substituents is 1. The number of likely N-dealkylation sites (N-methyl/N-ethyl adjacent to an activating group) is 1. The van der Waals surface area contributed by atoms with Crippen molar-refractivity contribution >= 4 is 11.9 Å². The predicted molar refractivity (Wildman–Crippen MR) is 90.6 cm³/mol. The lowest BCUT2D eigenvalue weighted by Crippen LogP contribution is -2.36. The molecule has 0 aromatic heterocycles. The fourth-order valence-electron chi connectivity index (χ4n) is 2.36. The van der Waals surface area contributed by atoms with E-state index in [9.17, 15) is 14.7 Å². The number of phenols is 1. The molecule has 2 aromatic carbocycles. The van der Waals surface area contributed by atoms with E-state index in [0.29, 0.717) is 18.7 Å². The van der Waals surface area contributed by atoms with Crippen molar-refractivity contribution in [1.29, 1.82) is 0 Å². The van der Waals surface area contributed by atoms with Crippen LogP contribution in [0.5, 0.6) is 5.75 Å². The van der Waals surface area contributed by atoms with Crippen LogP contribution < -0.4 is 0 Å². The van der Waals surface area contributed by atoms with Crippen molar-refractivity contribution in [3.63, 3.8) is 0 Å². The van der Waals surface area contributed by atoms with Gasteiger partial charge in [-0.1, -0.05) is 30.3 Å². The van der Waals surface area contributed by atoms with E-state index in [4.69, 9.17) is 4.74 Å². The fraction of sp³-hybridized carbons (Fsp3) is 0.263. The lowest BCUT2D eigenvalue weighted by molar-refractivity contribution is -0.140. The molecule has 24 heavy (non-hydrogen) atoms. The number of carbonyl (C=O) groups excluding carboxylic acids is 2. The summed E-state index contributed by atoms with van der Waals surface area (Å²) in [5.74, 6) is -0.798. The first kappa shape index (κ1) is 17.5. The van der Waals surface area contributed by atoms with Crippen molar-refractivity contribution in [3.8, 4) is 5.75 Å². The Labute approximate surface area is 141 Å². The minimum atomic E-state index is -0.993. The monoisotopic (exact) mass is 327 g/mol. The largest absolute Gasteiger partial charge is 0.508 e. The number of aromatic hydroxyl groups is 1. The van der Waals surface area contributed by atoms with E-state index in [2.05, 4.69) is 0 Å². The topological polar surface area (TPSA) is 66.8 Å². The summed E-state index contributed by atoms with van der Waals surface area (Å²) in [6.07, 6.45) is -0.993. The standard InChI is InChI=1S/C19H21NO4/c1-3-20(4-2)18(22)17(14-8-6-5-7-9-14)24-19(23)15-10-12-16(21)13-11-15/h5-13,17,21H,3-4H2,1-2H3. The predicted octanol–water partition coefficient (Wildman–Crippen LogP) is 3.16. The first-order valence-corrected chi connectivity index (χ1v) is 7.90. The summed E-state index contributed by atoms with van der Waals surface area (Å²) >= 11 is 0. The molecule has 1 N–H and O–H groups in total. The van der Waals surface area contributed by atoms with Gasteiger partial charge in [0.15, 0.2) is 0 Å². The smallest absolute Gasteiger partial charge is 0.339 e. The Hall–Kier alpha value is -2.82. The summed E-state index contributed by atoms with van der Waals surface area (Å²) in [7, 11) is 0. The first-order valence-electron chi connectivity index (χ1n) is 7.90. The molecular weight excluding hydrogens is 306 g/mol. The second kappa shape index (κ2) is 8.15. The molecule has 0 aliphatic rings. The van der Waals surface area contributed by atoms with Crippen LogP contribution in [0, 0.1) is 0 Å². The molecule has 0 fully saturated rings. The summed E-state index contributed by atoms with van der Waals surface area (Å²) in [4.78, 5) is 26.7. The molecule has 1 unspecified atom stereocenters. The van der Waals surface area contributed by atoms with Gasteiger partial charge in [0.05, 0.1) is 5.56 Å². The van der Waals surface area contributed by atoms with E-state index < -0.39 is 12.1 Å². The summed E-state index contributed by atoms with van der Waals surface area (Å²) in [6.45, 7) is 4.83. The number of amides is 1. The van der Waals surface area contributed by atoms with E-state index >= 15 is 0 Å². The first-order chi connectivity index (χ1) is 11.6.